The van der Waals surface area contributed by atoms with E-state index >= 15 is 0 Å². The molecule has 0 rings (SSSR count). The highest BCUT2D eigenvalue weighted by molar-refractivity contribution is 14.1. The summed E-state index contributed by atoms with van der Waals surface area (Å²) < 4.78 is 1.11. The van der Waals surface area contributed by atoms with Gasteiger partial charge in [-0.25, -0.2) is 0 Å². The van der Waals surface area contributed by atoms with E-state index in [-0.39, 0.29) is 0 Å². The van der Waals surface area contributed by atoms with Crippen molar-refractivity contribution in [2.45, 2.75) is 26.2 Å². The minimum absolute atomic E-state index is 1.11. The third kappa shape index (κ3) is 8.21. The molecule has 1 heteroatoms. The van der Waals surface area contributed by atoms with Gasteiger partial charge in [-0.3, -0.25) is 0 Å². The van der Waals surface area contributed by atoms with Crippen molar-refractivity contribution in [1.82, 2.24) is 0 Å². The number of hydrogen-bond acceptors (Lipinski definition) is 0. The second-order valence-corrected chi connectivity index (χ2v) is 3.38. The van der Waals surface area contributed by atoms with Crippen LogP contribution in [0.4, 0.5) is 0 Å². The van der Waals surface area contributed by atoms with Crippen LogP contribution in [-0.2, 0) is 0 Å². The Morgan fingerprint density at radius 1 is 1.67 bits per heavy atom. The molecule has 0 aromatic heterocycles. The fourth-order valence-electron chi connectivity index (χ4n) is 0.533. The van der Waals surface area contributed by atoms with E-state index in [1.54, 1.807) is 0 Å². The van der Waals surface area contributed by atoms with E-state index in [4.69, 9.17) is 0 Å². The van der Waals surface area contributed by atoms with Crippen LogP contribution in [0.3, 0.4) is 0 Å². The largest absolute Gasteiger partial charge is 0.0856 e. The second-order valence-electron chi connectivity index (χ2n) is 1.99. The summed E-state index contributed by atoms with van der Waals surface area (Å²) in [7, 11) is 0. The van der Waals surface area contributed by atoms with Crippen LogP contribution < -0.4 is 0 Å². The lowest BCUT2D eigenvalue weighted by atomic mass is 10.2. The van der Waals surface area contributed by atoms with Gasteiger partial charge in [0.2, 0.25) is 0 Å². The minimum Gasteiger partial charge on any atom is -0.0856 e. The predicted octanol–water partition coefficient (Wildman–Crippen LogP) is 3.68. The van der Waals surface area contributed by atoms with Gasteiger partial charge in [0.1, 0.15) is 0 Å². The summed E-state index contributed by atoms with van der Waals surface area (Å²) in [4.78, 5) is 0. The molecule has 0 fully saturated rings. The van der Waals surface area contributed by atoms with Crippen LogP contribution in [0.5, 0.6) is 0 Å². The average molecular weight is 236 g/mol. The Balaban J connectivity index is 3.15. The van der Waals surface area contributed by atoms with Crippen molar-refractivity contribution >= 4 is 22.6 Å². The number of halogens is 1. The Labute approximate surface area is 71.2 Å². The molecule has 0 aliphatic heterocycles. The average Bonchev–Trinajstić information content (AvgIpc) is 1.80. The van der Waals surface area contributed by atoms with Gasteiger partial charge in [0.25, 0.3) is 0 Å². The zero-order chi connectivity index (χ0) is 7.11. The van der Waals surface area contributed by atoms with Gasteiger partial charge in [-0.1, -0.05) is 38.5 Å². The molecule has 0 aliphatic carbocycles. The van der Waals surface area contributed by atoms with Crippen LogP contribution in [0.15, 0.2) is 22.3 Å². The lowest BCUT2D eigenvalue weighted by molar-refractivity contribution is 0.815. The number of allylic oxidation sites excluding steroid dienone is 3. The Kier molecular flexibility index (Phi) is 6.48. The van der Waals surface area contributed by atoms with Crippen LogP contribution in [0.1, 0.15) is 26.2 Å². The van der Waals surface area contributed by atoms with E-state index in [0.29, 0.717) is 0 Å². The standard InChI is InChI=1S/C8H13I/c1-3-4-5-6-7-8(2)9/h6-7H,2-5H2,1H3/b7-6+. The Hall–Kier alpha value is 0.210. The summed E-state index contributed by atoms with van der Waals surface area (Å²) in [5.41, 5.74) is 0. The van der Waals surface area contributed by atoms with Gasteiger partial charge in [0.05, 0.1) is 0 Å². The van der Waals surface area contributed by atoms with Crippen LogP contribution in [-0.4, -0.2) is 0 Å². The summed E-state index contributed by atoms with van der Waals surface area (Å²) >= 11 is 2.21. The first-order chi connectivity index (χ1) is 4.27. The molecular weight excluding hydrogens is 223 g/mol. The van der Waals surface area contributed by atoms with Gasteiger partial charge in [0, 0.05) is 3.58 Å². The van der Waals surface area contributed by atoms with Crippen molar-refractivity contribution in [3.05, 3.63) is 22.3 Å². The Bertz CT molecular complexity index is 103. The monoisotopic (exact) mass is 236 g/mol. The SMILES string of the molecule is C=C(I)/C=C/CCCC. The van der Waals surface area contributed by atoms with Crippen LogP contribution in [0.2, 0.25) is 0 Å². The van der Waals surface area contributed by atoms with Crippen LogP contribution >= 0.6 is 22.6 Å². The number of rotatable bonds is 4. The third-order valence-corrected chi connectivity index (χ3v) is 1.38. The molecule has 0 atom stereocenters. The third-order valence-electron chi connectivity index (χ3n) is 1.02. The lowest BCUT2D eigenvalue weighted by Gasteiger charge is -1.86. The number of unbranched alkanes of at least 4 members (excludes halogenated alkanes) is 2. The molecule has 52 valence electrons. The van der Waals surface area contributed by atoms with Gasteiger partial charge in [-0.05, 0) is 29.0 Å². The smallest absolute Gasteiger partial charge is 0.00548 e. The predicted molar refractivity (Wildman–Crippen MR) is 51.8 cm³/mol. The molecule has 0 aromatic rings. The quantitative estimate of drug-likeness (QED) is 0.396. The normalized spacial score (nSPS) is 10.4. The molecule has 0 unspecified atom stereocenters. The molecule has 0 aliphatic rings. The van der Waals surface area contributed by atoms with Crippen molar-refractivity contribution in [1.29, 1.82) is 0 Å². The van der Waals surface area contributed by atoms with Gasteiger partial charge < -0.3 is 0 Å². The molecule has 0 spiro atoms. The molecule has 0 radical (unpaired) electrons. The minimum atomic E-state index is 1.11. The lowest BCUT2D eigenvalue weighted by Crippen LogP contribution is -1.65. The maximum atomic E-state index is 3.75. The zero-order valence-electron chi connectivity index (χ0n) is 5.86. The maximum absolute atomic E-state index is 3.75. The van der Waals surface area contributed by atoms with Crippen LogP contribution in [0, 0.1) is 0 Å². The molecule has 0 saturated heterocycles. The molecular formula is C8H13I. The fourth-order valence-corrected chi connectivity index (χ4v) is 0.787. The Morgan fingerprint density at radius 3 is 2.78 bits per heavy atom. The van der Waals surface area contributed by atoms with E-state index in [1.165, 1.54) is 19.3 Å². The summed E-state index contributed by atoms with van der Waals surface area (Å²) in [6.45, 7) is 5.95. The van der Waals surface area contributed by atoms with Crippen molar-refractivity contribution in [3.8, 4) is 0 Å². The highest BCUT2D eigenvalue weighted by Gasteiger charge is 1.77. The molecule has 0 bridgehead atoms. The molecule has 9 heavy (non-hydrogen) atoms. The van der Waals surface area contributed by atoms with Crippen LogP contribution in [0.25, 0.3) is 0 Å². The number of hydrogen-bond donors (Lipinski definition) is 0. The molecule has 0 heterocycles. The zero-order valence-corrected chi connectivity index (χ0v) is 8.02. The van der Waals surface area contributed by atoms with E-state index < -0.39 is 0 Å². The molecule has 0 aromatic carbocycles. The van der Waals surface area contributed by atoms with Gasteiger partial charge in [0.15, 0.2) is 0 Å². The van der Waals surface area contributed by atoms with E-state index in [1.807, 2.05) is 0 Å². The fraction of sp³-hybridized carbons (Fsp3) is 0.500. The summed E-state index contributed by atoms with van der Waals surface area (Å²) in [6.07, 6.45) is 8.01. The molecule has 0 amide bonds. The van der Waals surface area contributed by atoms with Gasteiger partial charge in [-0.15, -0.1) is 0 Å². The van der Waals surface area contributed by atoms with Gasteiger partial charge >= 0.3 is 0 Å². The van der Waals surface area contributed by atoms with Crippen molar-refractivity contribution < 1.29 is 0 Å². The molecule has 0 saturated carbocycles. The first-order valence-corrected chi connectivity index (χ1v) is 4.36. The van der Waals surface area contributed by atoms with E-state index in [2.05, 4.69) is 48.2 Å². The maximum Gasteiger partial charge on any atom is 0.00548 e. The topological polar surface area (TPSA) is 0 Å². The highest BCUT2D eigenvalue weighted by atomic mass is 127. The first-order valence-electron chi connectivity index (χ1n) is 3.28. The van der Waals surface area contributed by atoms with Crippen molar-refractivity contribution in [2.24, 2.45) is 0 Å². The van der Waals surface area contributed by atoms with Crippen molar-refractivity contribution in [3.63, 3.8) is 0 Å². The van der Waals surface area contributed by atoms with Gasteiger partial charge in [-0.2, -0.15) is 0 Å². The molecule has 0 nitrogen and oxygen atoms in total. The second kappa shape index (κ2) is 6.33. The molecule has 0 N–H and O–H groups in total. The van der Waals surface area contributed by atoms with E-state index in [9.17, 15) is 0 Å². The summed E-state index contributed by atoms with van der Waals surface area (Å²) in [5, 5.41) is 0. The van der Waals surface area contributed by atoms with E-state index in [0.717, 1.165) is 3.58 Å². The van der Waals surface area contributed by atoms with Crippen molar-refractivity contribution in [2.75, 3.05) is 0 Å². The summed E-state index contributed by atoms with van der Waals surface area (Å²) in [5.74, 6) is 0. The first kappa shape index (κ1) is 9.21. The highest BCUT2D eigenvalue weighted by Crippen LogP contribution is 2.04. The summed E-state index contributed by atoms with van der Waals surface area (Å²) in [6, 6.07) is 0. The Morgan fingerprint density at radius 2 is 2.33 bits per heavy atom.